The molecule has 0 heterocycles. The van der Waals surface area contributed by atoms with Gasteiger partial charge in [0, 0.05) is 20.3 Å². The number of hydrogen-bond donors (Lipinski definition) is 1. The highest BCUT2D eigenvalue weighted by Gasteiger charge is 2.46. The molecule has 6 nitrogen and oxygen atoms in total. The van der Waals surface area contributed by atoms with E-state index in [1.54, 1.807) is 7.11 Å². The first kappa shape index (κ1) is 17.7. The fourth-order valence-corrected chi connectivity index (χ4v) is 5.01. The molecule has 2 saturated carbocycles. The predicted octanol–water partition coefficient (Wildman–Crippen LogP) is 1.31. The number of nitrogens with one attached hydrogen (secondary N) is 1. The maximum Gasteiger partial charge on any atom is 0.308 e. The van der Waals surface area contributed by atoms with Gasteiger partial charge in [0.25, 0.3) is 0 Å². The lowest BCUT2D eigenvalue weighted by Crippen LogP contribution is -2.38. The van der Waals surface area contributed by atoms with Crippen molar-refractivity contribution in [1.82, 2.24) is 4.72 Å². The average Bonchev–Trinajstić information content (AvgIpc) is 3.08. The smallest absolute Gasteiger partial charge is 0.308 e. The van der Waals surface area contributed by atoms with E-state index in [0.717, 1.165) is 32.1 Å². The summed E-state index contributed by atoms with van der Waals surface area (Å²) in [6, 6.07) is 0. The van der Waals surface area contributed by atoms with Crippen LogP contribution in [-0.4, -0.2) is 47.5 Å². The van der Waals surface area contributed by atoms with Gasteiger partial charge in [-0.3, -0.25) is 4.79 Å². The summed E-state index contributed by atoms with van der Waals surface area (Å²) in [7, 11) is -0.331. The quantitative estimate of drug-likeness (QED) is 0.643. The van der Waals surface area contributed by atoms with Gasteiger partial charge in [0.1, 0.15) is 0 Å². The van der Waals surface area contributed by atoms with Crippen molar-refractivity contribution in [3.63, 3.8) is 0 Å². The fraction of sp³-hybridized carbons (Fsp3) is 0.933. The third kappa shape index (κ3) is 4.67. The monoisotopic (exact) mass is 333 g/mol. The van der Waals surface area contributed by atoms with Crippen LogP contribution >= 0.6 is 0 Å². The van der Waals surface area contributed by atoms with Crippen LogP contribution in [0.4, 0.5) is 0 Å². The highest BCUT2D eigenvalue weighted by molar-refractivity contribution is 7.89. The Morgan fingerprint density at radius 2 is 1.95 bits per heavy atom. The van der Waals surface area contributed by atoms with Crippen molar-refractivity contribution in [2.45, 2.75) is 38.5 Å². The third-order valence-corrected chi connectivity index (χ3v) is 6.48. The molecule has 0 radical (unpaired) electrons. The van der Waals surface area contributed by atoms with E-state index in [-0.39, 0.29) is 29.0 Å². The number of hydrogen-bond acceptors (Lipinski definition) is 5. The highest BCUT2D eigenvalue weighted by atomic mass is 32.2. The zero-order valence-corrected chi connectivity index (χ0v) is 14.3. The summed E-state index contributed by atoms with van der Waals surface area (Å²) < 4.78 is 37.0. The lowest BCUT2D eigenvalue weighted by Gasteiger charge is -2.29. The van der Waals surface area contributed by atoms with Crippen LogP contribution in [0.15, 0.2) is 0 Å². The van der Waals surface area contributed by atoms with E-state index in [0.29, 0.717) is 19.6 Å². The summed E-state index contributed by atoms with van der Waals surface area (Å²) in [6.45, 7) is 1.14. The van der Waals surface area contributed by atoms with Crippen LogP contribution in [0.1, 0.15) is 38.5 Å². The van der Waals surface area contributed by atoms with E-state index in [2.05, 4.69) is 9.46 Å². The summed E-state index contributed by atoms with van der Waals surface area (Å²) in [5.74, 6) is -0.612. The predicted molar refractivity (Wildman–Crippen MR) is 82.8 cm³/mol. The zero-order valence-electron chi connectivity index (χ0n) is 13.5. The molecule has 2 fully saturated rings. The van der Waals surface area contributed by atoms with Crippen LogP contribution < -0.4 is 4.72 Å². The Hall–Kier alpha value is -0.660. The van der Waals surface area contributed by atoms with Gasteiger partial charge in [-0.05, 0) is 37.0 Å². The summed E-state index contributed by atoms with van der Waals surface area (Å²) in [6.07, 6.45) is 5.90. The molecule has 2 rings (SSSR count). The molecule has 0 unspecified atom stereocenters. The molecule has 0 aromatic carbocycles. The second-order valence-electron chi connectivity index (χ2n) is 6.68. The Kier molecular flexibility index (Phi) is 5.85. The molecular formula is C15H27NO5S. The molecule has 22 heavy (non-hydrogen) atoms. The zero-order chi connectivity index (χ0) is 16.2. The minimum absolute atomic E-state index is 0.0210. The van der Waals surface area contributed by atoms with E-state index in [9.17, 15) is 13.2 Å². The van der Waals surface area contributed by atoms with Crippen molar-refractivity contribution >= 4 is 16.0 Å². The van der Waals surface area contributed by atoms with Gasteiger partial charge in [0.15, 0.2) is 0 Å². The van der Waals surface area contributed by atoms with Crippen LogP contribution in [0.3, 0.4) is 0 Å². The van der Waals surface area contributed by atoms with E-state index >= 15 is 0 Å². The number of ether oxygens (including phenoxy) is 2. The first-order valence-electron chi connectivity index (χ1n) is 7.95. The molecule has 2 aliphatic carbocycles. The second kappa shape index (κ2) is 7.27. The van der Waals surface area contributed by atoms with Crippen LogP contribution in [0.5, 0.6) is 0 Å². The average molecular weight is 333 g/mol. The van der Waals surface area contributed by atoms with Crippen molar-refractivity contribution in [3.8, 4) is 0 Å². The van der Waals surface area contributed by atoms with Crippen LogP contribution in [0.25, 0.3) is 0 Å². The van der Waals surface area contributed by atoms with Crippen molar-refractivity contribution in [2.24, 2.45) is 17.3 Å². The Morgan fingerprint density at radius 3 is 2.55 bits per heavy atom. The first-order chi connectivity index (χ1) is 10.4. The van der Waals surface area contributed by atoms with Gasteiger partial charge in [-0.2, -0.15) is 0 Å². The number of methoxy groups -OCH3 is 2. The highest BCUT2D eigenvalue weighted by Crippen LogP contribution is 2.42. The largest absolute Gasteiger partial charge is 0.469 e. The summed E-state index contributed by atoms with van der Waals surface area (Å²) >= 11 is 0. The van der Waals surface area contributed by atoms with E-state index in [4.69, 9.17) is 4.74 Å². The summed E-state index contributed by atoms with van der Waals surface area (Å²) in [4.78, 5) is 11.4. The van der Waals surface area contributed by atoms with Gasteiger partial charge in [-0.25, -0.2) is 13.1 Å². The molecule has 0 aromatic rings. The normalized spacial score (nSPS) is 26.8. The SMILES string of the molecule is COCCC1(CNS(=O)(=O)C[C@@H]2C[C@@H]2C(=O)OC)CCCC1. The van der Waals surface area contributed by atoms with Crippen LogP contribution in [0, 0.1) is 17.3 Å². The number of rotatable bonds is 9. The van der Waals surface area contributed by atoms with E-state index < -0.39 is 10.0 Å². The van der Waals surface area contributed by atoms with Crippen molar-refractivity contribution in [2.75, 3.05) is 33.1 Å². The molecule has 0 bridgehead atoms. The van der Waals surface area contributed by atoms with Crippen LogP contribution in [-0.2, 0) is 24.3 Å². The van der Waals surface area contributed by atoms with Gasteiger partial charge in [0.05, 0.1) is 18.8 Å². The van der Waals surface area contributed by atoms with Gasteiger partial charge in [-0.15, -0.1) is 0 Å². The molecule has 2 atom stereocenters. The maximum atomic E-state index is 12.2. The number of esters is 1. The Bertz CT molecular complexity index is 484. The lowest BCUT2D eigenvalue weighted by atomic mass is 9.83. The molecule has 0 aromatic heterocycles. The lowest BCUT2D eigenvalue weighted by molar-refractivity contribution is -0.142. The van der Waals surface area contributed by atoms with Gasteiger partial charge in [0.2, 0.25) is 10.0 Å². The second-order valence-corrected chi connectivity index (χ2v) is 8.53. The van der Waals surface area contributed by atoms with Gasteiger partial charge < -0.3 is 9.47 Å². The van der Waals surface area contributed by atoms with Crippen LogP contribution in [0.2, 0.25) is 0 Å². The molecule has 128 valence electrons. The van der Waals surface area contributed by atoms with Crippen molar-refractivity contribution in [3.05, 3.63) is 0 Å². The summed E-state index contributed by atoms with van der Waals surface area (Å²) in [5.41, 5.74) is 0.0361. The van der Waals surface area contributed by atoms with Crippen molar-refractivity contribution in [1.29, 1.82) is 0 Å². The standard InChI is InChI=1S/C15H27NO5S/c1-20-8-7-15(5-3-4-6-15)11-16-22(18,19)10-12-9-13(12)14(17)21-2/h12-13,16H,3-11H2,1-2H3/t12-,13-/m0/s1. The van der Waals surface area contributed by atoms with E-state index in [1.807, 2.05) is 0 Å². The third-order valence-electron chi connectivity index (χ3n) is 5.03. The fourth-order valence-electron chi connectivity index (χ4n) is 3.43. The molecule has 0 spiro atoms. The van der Waals surface area contributed by atoms with Gasteiger partial charge in [-0.1, -0.05) is 12.8 Å². The van der Waals surface area contributed by atoms with Crippen molar-refractivity contribution < 1.29 is 22.7 Å². The van der Waals surface area contributed by atoms with E-state index in [1.165, 1.54) is 7.11 Å². The molecule has 0 amide bonds. The Balaban J connectivity index is 1.82. The Morgan fingerprint density at radius 1 is 1.27 bits per heavy atom. The summed E-state index contributed by atoms with van der Waals surface area (Å²) in [5, 5.41) is 0. The first-order valence-corrected chi connectivity index (χ1v) is 9.61. The molecule has 1 N–H and O–H groups in total. The molecule has 0 saturated heterocycles. The van der Waals surface area contributed by atoms with Gasteiger partial charge >= 0.3 is 5.97 Å². The molecular weight excluding hydrogens is 306 g/mol. The number of carbonyl (C=O) groups is 1. The maximum absolute atomic E-state index is 12.2. The number of carbonyl (C=O) groups excluding carboxylic acids is 1. The molecule has 0 aliphatic heterocycles. The Labute approximate surface area is 133 Å². The minimum Gasteiger partial charge on any atom is -0.469 e. The minimum atomic E-state index is -3.34. The molecule has 2 aliphatic rings. The number of sulfonamides is 1. The topological polar surface area (TPSA) is 81.7 Å². The molecule has 7 heteroatoms.